The monoisotopic (exact) mass is 214 g/mol. The maximum atomic E-state index is 5.09. The van der Waals surface area contributed by atoms with Gasteiger partial charge in [0, 0.05) is 30.1 Å². The molecule has 0 N–H and O–H groups in total. The number of methoxy groups -OCH3 is 1. The maximum absolute atomic E-state index is 5.09. The van der Waals surface area contributed by atoms with E-state index >= 15 is 0 Å². The first kappa shape index (κ1) is 10.6. The number of aromatic nitrogens is 2. The van der Waals surface area contributed by atoms with E-state index in [1.54, 1.807) is 7.11 Å². The first-order valence-electron chi connectivity index (χ1n) is 5.19. The van der Waals surface area contributed by atoms with Gasteiger partial charge in [0.25, 0.3) is 0 Å². The van der Waals surface area contributed by atoms with Crippen LogP contribution in [0.5, 0.6) is 5.88 Å². The van der Waals surface area contributed by atoms with E-state index in [1.165, 1.54) is 5.56 Å². The number of hydrogen-bond donors (Lipinski definition) is 0. The average molecular weight is 214 g/mol. The number of pyridine rings is 2. The highest BCUT2D eigenvalue weighted by molar-refractivity contribution is 5.24. The molecule has 2 heterocycles. The van der Waals surface area contributed by atoms with Crippen LogP contribution in [0.4, 0.5) is 0 Å². The summed E-state index contributed by atoms with van der Waals surface area (Å²) in [6.45, 7) is 1.99. The Morgan fingerprint density at radius 2 is 2.12 bits per heavy atom. The Morgan fingerprint density at radius 1 is 1.25 bits per heavy atom. The van der Waals surface area contributed by atoms with Gasteiger partial charge < -0.3 is 4.74 Å². The molecular weight excluding hydrogens is 200 g/mol. The summed E-state index contributed by atoms with van der Waals surface area (Å²) in [6.07, 6.45) is 2.63. The first-order valence-corrected chi connectivity index (χ1v) is 5.19. The summed E-state index contributed by atoms with van der Waals surface area (Å²) >= 11 is 0. The molecule has 0 aliphatic rings. The summed E-state index contributed by atoms with van der Waals surface area (Å²) in [7, 11) is 1.63. The highest BCUT2D eigenvalue weighted by Crippen LogP contribution is 2.11. The molecule has 0 unspecified atom stereocenters. The van der Waals surface area contributed by atoms with Gasteiger partial charge in [0.05, 0.1) is 7.11 Å². The van der Waals surface area contributed by atoms with Crippen molar-refractivity contribution in [3.05, 3.63) is 53.5 Å². The quantitative estimate of drug-likeness (QED) is 0.786. The van der Waals surface area contributed by atoms with Crippen LogP contribution in [-0.4, -0.2) is 17.1 Å². The molecule has 0 aliphatic heterocycles. The number of ether oxygens (including phenoxy) is 1. The number of rotatable bonds is 3. The molecule has 3 heteroatoms. The molecule has 0 fully saturated rings. The SMILES string of the molecule is COc1cccc(Cc2ccnc(C)c2)n1. The zero-order valence-corrected chi connectivity index (χ0v) is 9.47. The van der Waals surface area contributed by atoms with Crippen molar-refractivity contribution < 1.29 is 4.74 Å². The van der Waals surface area contributed by atoms with Gasteiger partial charge in [-0.05, 0) is 30.7 Å². The Kier molecular flexibility index (Phi) is 3.15. The van der Waals surface area contributed by atoms with Gasteiger partial charge in [0.15, 0.2) is 0 Å². The van der Waals surface area contributed by atoms with E-state index in [1.807, 2.05) is 37.4 Å². The standard InChI is InChI=1S/C13H14N2O/c1-10-8-11(6-7-14-10)9-12-4-3-5-13(15-12)16-2/h3-8H,9H2,1-2H3. The lowest BCUT2D eigenvalue weighted by Crippen LogP contribution is -1.95. The minimum Gasteiger partial charge on any atom is -0.481 e. The Bertz CT molecular complexity index is 483. The second-order valence-corrected chi connectivity index (χ2v) is 3.65. The zero-order valence-electron chi connectivity index (χ0n) is 9.47. The van der Waals surface area contributed by atoms with E-state index in [0.29, 0.717) is 5.88 Å². The fourth-order valence-electron chi connectivity index (χ4n) is 1.59. The van der Waals surface area contributed by atoms with Crippen molar-refractivity contribution >= 4 is 0 Å². The number of aryl methyl sites for hydroxylation is 1. The molecule has 2 rings (SSSR count). The Labute approximate surface area is 95.1 Å². The van der Waals surface area contributed by atoms with Crippen molar-refractivity contribution in [3.63, 3.8) is 0 Å². The van der Waals surface area contributed by atoms with E-state index in [-0.39, 0.29) is 0 Å². The summed E-state index contributed by atoms with van der Waals surface area (Å²) < 4.78 is 5.09. The molecule has 0 aromatic carbocycles. The third kappa shape index (κ3) is 2.57. The van der Waals surface area contributed by atoms with Gasteiger partial charge in [-0.25, -0.2) is 4.98 Å². The van der Waals surface area contributed by atoms with Crippen LogP contribution < -0.4 is 4.74 Å². The van der Waals surface area contributed by atoms with Gasteiger partial charge in [0.1, 0.15) is 0 Å². The van der Waals surface area contributed by atoms with Crippen LogP contribution in [0.15, 0.2) is 36.5 Å². The summed E-state index contributed by atoms with van der Waals surface area (Å²) in [5.74, 6) is 0.656. The van der Waals surface area contributed by atoms with Gasteiger partial charge in [-0.1, -0.05) is 6.07 Å². The largest absolute Gasteiger partial charge is 0.481 e. The van der Waals surface area contributed by atoms with Crippen LogP contribution in [-0.2, 0) is 6.42 Å². The minimum absolute atomic E-state index is 0.656. The Morgan fingerprint density at radius 3 is 2.88 bits per heavy atom. The van der Waals surface area contributed by atoms with E-state index in [2.05, 4.69) is 16.0 Å². The molecule has 0 saturated heterocycles. The van der Waals surface area contributed by atoms with Crippen molar-refractivity contribution in [1.29, 1.82) is 0 Å². The van der Waals surface area contributed by atoms with Gasteiger partial charge >= 0.3 is 0 Å². The van der Waals surface area contributed by atoms with Crippen LogP contribution in [0.25, 0.3) is 0 Å². The molecule has 0 atom stereocenters. The summed E-state index contributed by atoms with van der Waals surface area (Å²) in [5, 5.41) is 0. The summed E-state index contributed by atoms with van der Waals surface area (Å²) in [6, 6.07) is 9.88. The lowest BCUT2D eigenvalue weighted by molar-refractivity contribution is 0.396. The fourth-order valence-corrected chi connectivity index (χ4v) is 1.59. The molecule has 2 aromatic heterocycles. The van der Waals surface area contributed by atoms with E-state index in [9.17, 15) is 0 Å². The second kappa shape index (κ2) is 4.75. The Hall–Kier alpha value is -1.90. The van der Waals surface area contributed by atoms with Crippen molar-refractivity contribution in [2.75, 3.05) is 7.11 Å². The van der Waals surface area contributed by atoms with Crippen LogP contribution in [0, 0.1) is 6.92 Å². The molecule has 82 valence electrons. The van der Waals surface area contributed by atoms with Gasteiger partial charge in [-0.2, -0.15) is 0 Å². The molecule has 3 nitrogen and oxygen atoms in total. The molecule has 2 aromatic rings. The van der Waals surface area contributed by atoms with Gasteiger partial charge in [-0.15, -0.1) is 0 Å². The van der Waals surface area contributed by atoms with Crippen molar-refractivity contribution in [2.24, 2.45) is 0 Å². The van der Waals surface area contributed by atoms with Gasteiger partial charge in [-0.3, -0.25) is 4.98 Å². The van der Waals surface area contributed by atoms with Crippen molar-refractivity contribution in [1.82, 2.24) is 9.97 Å². The van der Waals surface area contributed by atoms with E-state index < -0.39 is 0 Å². The highest BCUT2D eigenvalue weighted by Gasteiger charge is 2.00. The van der Waals surface area contributed by atoms with Crippen molar-refractivity contribution in [2.45, 2.75) is 13.3 Å². The average Bonchev–Trinajstić information content (AvgIpc) is 2.29. The lowest BCUT2D eigenvalue weighted by Gasteiger charge is -2.04. The summed E-state index contributed by atoms with van der Waals surface area (Å²) in [4.78, 5) is 8.54. The third-order valence-corrected chi connectivity index (χ3v) is 2.34. The van der Waals surface area contributed by atoms with Gasteiger partial charge in [0.2, 0.25) is 5.88 Å². The molecule has 0 aliphatic carbocycles. The molecule has 0 spiro atoms. The molecule has 16 heavy (non-hydrogen) atoms. The fraction of sp³-hybridized carbons (Fsp3) is 0.231. The third-order valence-electron chi connectivity index (χ3n) is 2.34. The van der Waals surface area contributed by atoms with Crippen LogP contribution in [0.1, 0.15) is 17.0 Å². The molecule has 0 bridgehead atoms. The van der Waals surface area contributed by atoms with Crippen LogP contribution in [0.3, 0.4) is 0 Å². The highest BCUT2D eigenvalue weighted by atomic mass is 16.5. The smallest absolute Gasteiger partial charge is 0.213 e. The van der Waals surface area contributed by atoms with E-state index in [0.717, 1.165) is 17.8 Å². The predicted molar refractivity (Wildman–Crippen MR) is 62.6 cm³/mol. The number of nitrogens with zero attached hydrogens (tertiary/aromatic N) is 2. The molecule has 0 amide bonds. The van der Waals surface area contributed by atoms with Crippen LogP contribution in [0.2, 0.25) is 0 Å². The second-order valence-electron chi connectivity index (χ2n) is 3.65. The zero-order chi connectivity index (χ0) is 11.4. The summed E-state index contributed by atoms with van der Waals surface area (Å²) in [5.41, 5.74) is 3.25. The maximum Gasteiger partial charge on any atom is 0.213 e. The lowest BCUT2D eigenvalue weighted by atomic mass is 10.1. The molecular formula is C13H14N2O. The first-order chi connectivity index (χ1) is 7.78. The van der Waals surface area contributed by atoms with Crippen LogP contribution >= 0.6 is 0 Å². The van der Waals surface area contributed by atoms with Crippen molar-refractivity contribution in [3.8, 4) is 5.88 Å². The molecule has 0 radical (unpaired) electrons. The van der Waals surface area contributed by atoms with E-state index in [4.69, 9.17) is 4.74 Å². The number of hydrogen-bond acceptors (Lipinski definition) is 3. The normalized spacial score (nSPS) is 10.1. The predicted octanol–water partition coefficient (Wildman–Crippen LogP) is 2.38. The topological polar surface area (TPSA) is 35.0 Å². The Balaban J connectivity index is 2.20. The molecule has 0 saturated carbocycles. The minimum atomic E-state index is 0.656.